The van der Waals surface area contributed by atoms with Gasteiger partial charge in [0.1, 0.15) is 11.6 Å². The fourth-order valence-electron chi connectivity index (χ4n) is 1.92. The van der Waals surface area contributed by atoms with E-state index >= 15 is 0 Å². The molecular weight excluding hydrogens is 243 g/mol. The molecule has 0 spiro atoms. The van der Waals surface area contributed by atoms with Gasteiger partial charge >= 0.3 is 0 Å². The Morgan fingerprint density at radius 2 is 1.79 bits per heavy atom. The first-order valence-corrected chi connectivity index (χ1v) is 5.96. The first-order valence-electron chi connectivity index (χ1n) is 5.96. The number of nitrogens with two attached hydrogens (primary N) is 1. The number of methoxy groups -OCH3 is 1. The summed E-state index contributed by atoms with van der Waals surface area (Å²) in [6.45, 7) is 1.72. The molecule has 0 bridgehead atoms. The molecule has 0 saturated carbocycles. The van der Waals surface area contributed by atoms with E-state index in [1.165, 1.54) is 6.07 Å². The second kappa shape index (κ2) is 5.18. The van der Waals surface area contributed by atoms with Gasteiger partial charge in [-0.25, -0.2) is 4.39 Å². The molecule has 0 atom stereocenters. The minimum atomic E-state index is -0.288. The highest BCUT2D eigenvalue weighted by Crippen LogP contribution is 2.31. The van der Waals surface area contributed by atoms with Crippen molar-refractivity contribution in [2.24, 2.45) is 0 Å². The molecule has 100 valence electrons. The Kier molecular flexibility index (Phi) is 3.60. The number of halogens is 1. The molecule has 0 heterocycles. The molecule has 3 nitrogen and oxygen atoms in total. The normalized spacial score (nSPS) is 10.3. The van der Waals surface area contributed by atoms with Gasteiger partial charge in [-0.1, -0.05) is 0 Å². The molecule has 0 amide bonds. The molecule has 19 heavy (non-hydrogen) atoms. The van der Waals surface area contributed by atoms with Crippen molar-refractivity contribution in [1.29, 1.82) is 0 Å². The zero-order valence-corrected chi connectivity index (χ0v) is 11.3. The zero-order valence-electron chi connectivity index (χ0n) is 11.3. The van der Waals surface area contributed by atoms with Crippen LogP contribution < -0.4 is 15.4 Å². The van der Waals surface area contributed by atoms with Crippen LogP contribution in [0.15, 0.2) is 36.4 Å². The summed E-state index contributed by atoms with van der Waals surface area (Å²) in [6, 6.07) is 10.7. The van der Waals surface area contributed by atoms with Crippen LogP contribution in [0.25, 0.3) is 0 Å². The number of aryl methyl sites for hydroxylation is 1. The van der Waals surface area contributed by atoms with E-state index in [1.807, 2.05) is 36.2 Å². The van der Waals surface area contributed by atoms with Crippen LogP contribution in [0.4, 0.5) is 21.5 Å². The summed E-state index contributed by atoms with van der Waals surface area (Å²) in [5, 5.41) is 0. The van der Waals surface area contributed by atoms with E-state index in [0.29, 0.717) is 11.3 Å². The van der Waals surface area contributed by atoms with E-state index in [-0.39, 0.29) is 5.82 Å². The maximum Gasteiger partial charge on any atom is 0.128 e. The van der Waals surface area contributed by atoms with E-state index < -0.39 is 0 Å². The Hall–Kier alpha value is -2.23. The van der Waals surface area contributed by atoms with Crippen molar-refractivity contribution in [1.82, 2.24) is 0 Å². The molecule has 2 aromatic carbocycles. The molecule has 0 aliphatic rings. The largest absolute Gasteiger partial charge is 0.497 e. The van der Waals surface area contributed by atoms with Crippen molar-refractivity contribution in [3.8, 4) is 5.75 Å². The highest BCUT2D eigenvalue weighted by Gasteiger charge is 2.10. The first kappa shape index (κ1) is 13.2. The van der Waals surface area contributed by atoms with E-state index in [1.54, 1.807) is 20.1 Å². The van der Waals surface area contributed by atoms with Crippen molar-refractivity contribution in [2.45, 2.75) is 6.92 Å². The van der Waals surface area contributed by atoms with Gasteiger partial charge < -0.3 is 15.4 Å². The summed E-state index contributed by atoms with van der Waals surface area (Å²) in [4.78, 5) is 1.92. The summed E-state index contributed by atoms with van der Waals surface area (Å²) in [5.74, 6) is 0.504. The smallest absolute Gasteiger partial charge is 0.128 e. The van der Waals surface area contributed by atoms with Gasteiger partial charge in [0, 0.05) is 12.7 Å². The molecule has 0 radical (unpaired) electrons. The van der Waals surface area contributed by atoms with E-state index in [9.17, 15) is 4.39 Å². The van der Waals surface area contributed by atoms with Gasteiger partial charge in [-0.05, 0) is 48.9 Å². The predicted octanol–water partition coefficient (Wildman–Crippen LogP) is 3.49. The Balaban J connectivity index is 2.37. The maximum atomic E-state index is 13.4. The number of ether oxygens (including phenoxy) is 1. The van der Waals surface area contributed by atoms with Crippen LogP contribution in [0.2, 0.25) is 0 Å². The van der Waals surface area contributed by atoms with Gasteiger partial charge in [0.25, 0.3) is 0 Å². The number of anilines is 3. The summed E-state index contributed by atoms with van der Waals surface area (Å²) < 4.78 is 18.5. The van der Waals surface area contributed by atoms with Crippen LogP contribution in [0.5, 0.6) is 5.75 Å². The van der Waals surface area contributed by atoms with Crippen LogP contribution in [0.3, 0.4) is 0 Å². The third-order valence-corrected chi connectivity index (χ3v) is 3.13. The number of hydrogen-bond donors (Lipinski definition) is 1. The lowest BCUT2D eigenvalue weighted by Gasteiger charge is -2.22. The Morgan fingerprint density at radius 3 is 2.37 bits per heavy atom. The molecule has 2 aromatic rings. The molecular formula is C15H17FN2O. The topological polar surface area (TPSA) is 38.5 Å². The minimum Gasteiger partial charge on any atom is -0.497 e. The fourth-order valence-corrected chi connectivity index (χ4v) is 1.92. The van der Waals surface area contributed by atoms with Gasteiger partial charge in [-0.3, -0.25) is 0 Å². The van der Waals surface area contributed by atoms with Crippen LogP contribution in [0.1, 0.15) is 5.56 Å². The number of nitrogens with zero attached hydrogens (tertiary/aromatic N) is 1. The molecule has 0 aliphatic heterocycles. The third kappa shape index (κ3) is 2.62. The number of nitrogen functional groups attached to an aromatic ring is 1. The van der Waals surface area contributed by atoms with E-state index in [4.69, 9.17) is 10.5 Å². The van der Waals surface area contributed by atoms with Crippen LogP contribution in [-0.2, 0) is 0 Å². The third-order valence-electron chi connectivity index (χ3n) is 3.13. The zero-order chi connectivity index (χ0) is 14.0. The predicted molar refractivity (Wildman–Crippen MR) is 76.6 cm³/mol. The van der Waals surface area contributed by atoms with Gasteiger partial charge in [-0.15, -0.1) is 0 Å². The lowest BCUT2D eigenvalue weighted by atomic mass is 10.1. The van der Waals surface area contributed by atoms with Crippen molar-refractivity contribution in [3.63, 3.8) is 0 Å². The maximum absolute atomic E-state index is 13.4. The second-order valence-electron chi connectivity index (χ2n) is 4.42. The molecule has 2 N–H and O–H groups in total. The van der Waals surface area contributed by atoms with Gasteiger partial charge in [0.2, 0.25) is 0 Å². The molecule has 0 saturated heterocycles. The minimum absolute atomic E-state index is 0.288. The Labute approximate surface area is 112 Å². The van der Waals surface area contributed by atoms with Crippen LogP contribution >= 0.6 is 0 Å². The average Bonchev–Trinajstić information content (AvgIpc) is 2.42. The quantitative estimate of drug-likeness (QED) is 0.858. The van der Waals surface area contributed by atoms with Crippen LogP contribution in [0, 0.1) is 12.7 Å². The van der Waals surface area contributed by atoms with Crippen molar-refractivity contribution < 1.29 is 9.13 Å². The molecule has 0 aliphatic carbocycles. The van der Waals surface area contributed by atoms with Crippen molar-refractivity contribution in [2.75, 3.05) is 24.8 Å². The monoisotopic (exact) mass is 260 g/mol. The lowest BCUT2D eigenvalue weighted by molar-refractivity contribution is 0.415. The molecule has 0 fully saturated rings. The Morgan fingerprint density at radius 1 is 1.16 bits per heavy atom. The molecule has 0 unspecified atom stereocenters. The highest BCUT2D eigenvalue weighted by atomic mass is 19.1. The average molecular weight is 260 g/mol. The van der Waals surface area contributed by atoms with E-state index in [0.717, 1.165) is 17.1 Å². The van der Waals surface area contributed by atoms with Gasteiger partial charge in [0.05, 0.1) is 18.5 Å². The molecule has 2 rings (SSSR count). The standard InChI is InChI=1S/C15H17FN2O/c1-10-8-15(14(17)9-13(10)16)18(2)11-4-6-12(19-3)7-5-11/h4-9H,17H2,1-3H3. The van der Waals surface area contributed by atoms with Gasteiger partial charge in [-0.2, -0.15) is 0 Å². The summed E-state index contributed by atoms with van der Waals surface area (Å²) in [6.07, 6.45) is 0. The number of benzene rings is 2. The highest BCUT2D eigenvalue weighted by molar-refractivity contribution is 5.75. The summed E-state index contributed by atoms with van der Waals surface area (Å²) >= 11 is 0. The number of rotatable bonds is 3. The SMILES string of the molecule is COc1ccc(N(C)c2cc(C)c(F)cc2N)cc1. The Bertz CT molecular complexity index is 581. The fraction of sp³-hybridized carbons (Fsp3) is 0.200. The number of hydrogen-bond acceptors (Lipinski definition) is 3. The first-order chi connectivity index (χ1) is 9.02. The summed E-state index contributed by atoms with van der Waals surface area (Å²) in [5.41, 5.74) is 8.61. The van der Waals surface area contributed by atoms with E-state index in [2.05, 4.69) is 0 Å². The van der Waals surface area contributed by atoms with Crippen LogP contribution in [-0.4, -0.2) is 14.2 Å². The molecule has 0 aromatic heterocycles. The molecule has 4 heteroatoms. The summed E-state index contributed by atoms with van der Waals surface area (Å²) in [7, 11) is 3.52. The lowest BCUT2D eigenvalue weighted by Crippen LogP contribution is -2.12. The van der Waals surface area contributed by atoms with Crippen molar-refractivity contribution >= 4 is 17.1 Å². The van der Waals surface area contributed by atoms with Crippen molar-refractivity contribution in [3.05, 3.63) is 47.8 Å². The second-order valence-corrected chi connectivity index (χ2v) is 4.42. The van der Waals surface area contributed by atoms with Gasteiger partial charge in [0.15, 0.2) is 0 Å².